The molecule has 1 unspecified atom stereocenters. The highest BCUT2D eigenvalue weighted by atomic mass is 28.3. The highest BCUT2D eigenvalue weighted by molar-refractivity contribution is 6.76. The zero-order valence-corrected chi connectivity index (χ0v) is 35.5. The predicted molar refractivity (Wildman–Crippen MR) is 218 cm³/mol. The minimum atomic E-state index is -1.27. The van der Waals surface area contributed by atoms with Crippen LogP contribution in [0.15, 0.2) is 60.9 Å². The highest BCUT2D eigenvalue weighted by Gasteiger charge is 2.26. The Morgan fingerprint density at radius 1 is 0.885 bits per heavy atom. The summed E-state index contributed by atoms with van der Waals surface area (Å²) in [6, 6.07) is 18.5. The summed E-state index contributed by atoms with van der Waals surface area (Å²) in [7, 11) is -0.718. The third-order valence-electron chi connectivity index (χ3n) is 8.90. The molecule has 3 aromatic heterocycles. The van der Waals surface area contributed by atoms with E-state index in [1.807, 2.05) is 69.0 Å². The van der Waals surface area contributed by atoms with E-state index in [9.17, 15) is 4.79 Å². The van der Waals surface area contributed by atoms with E-state index < -0.39 is 21.7 Å². The molecule has 0 aliphatic carbocycles. The number of amides is 1. The molecular weight excluding hydrogens is 685 g/mol. The summed E-state index contributed by atoms with van der Waals surface area (Å²) in [5, 5.41) is 4.89. The maximum atomic E-state index is 13.0. The Balaban J connectivity index is 1.71. The Hall–Kier alpha value is -3.59. The van der Waals surface area contributed by atoms with Gasteiger partial charge in [-0.1, -0.05) is 82.6 Å². The van der Waals surface area contributed by atoms with E-state index in [-0.39, 0.29) is 12.1 Å². The smallest absolute Gasteiger partial charge is 0.410 e. The molecule has 1 amide bonds. The summed E-state index contributed by atoms with van der Waals surface area (Å²) in [6.45, 7) is 24.1. The second-order valence-electron chi connectivity index (χ2n) is 17.1. The molecule has 3 heterocycles. The number of carbonyl (C=O) groups excluding carboxylic acids is 1. The zero-order valence-electron chi connectivity index (χ0n) is 33.5. The quantitative estimate of drug-likeness (QED) is 0.0565. The van der Waals surface area contributed by atoms with Crippen LogP contribution in [0.25, 0.3) is 28.0 Å². The van der Waals surface area contributed by atoms with Gasteiger partial charge in [-0.05, 0) is 58.2 Å². The van der Waals surface area contributed by atoms with E-state index in [4.69, 9.17) is 29.3 Å². The number of anilines is 1. The van der Waals surface area contributed by atoms with Gasteiger partial charge in [-0.15, -0.1) is 0 Å². The van der Waals surface area contributed by atoms with Crippen LogP contribution < -0.4 is 4.90 Å². The Labute approximate surface area is 313 Å². The van der Waals surface area contributed by atoms with E-state index in [1.54, 1.807) is 4.90 Å². The molecule has 4 rings (SSSR count). The molecule has 52 heavy (non-hydrogen) atoms. The first-order valence-corrected chi connectivity index (χ1v) is 26.1. The molecule has 10 nitrogen and oxygen atoms in total. The van der Waals surface area contributed by atoms with Gasteiger partial charge in [0.1, 0.15) is 24.9 Å². The van der Waals surface area contributed by atoms with Gasteiger partial charge in [0.2, 0.25) is 0 Å². The van der Waals surface area contributed by atoms with Gasteiger partial charge in [-0.2, -0.15) is 9.61 Å². The fourth-order valence-electron chi connectivity index (χ4n) is 5.63. The largest absolute Gasteiger partial charge is 0.444 e. The summed E-state index contributed by atoms with van der Waals surface area (Å²) in [5.74, 6) is 0.856. The van der Waals surface area contributed by atoms with Crippen molar-refractivity contribution in [1.29, 1.82) is 0 Å². The second-order valence-corrected chi connectivity index (χ2v) is 28.4. The van der Waals surface area contributed by atoms with Gasteiger partial charge in [-0.25, -0.2) is 9.78 Å². The number of carbonyl (C=O) groups is 1. The number of aryl methyl sites for hydroxylation is 1. The zero-order chi connectivity index (χ0) is 38.1. The van der Waals surface area contributed by atoms with Crippen LogP contribution in [-0.4, -0.2) is 92.1 Å². The van der Waals surface area contributed by atoms with Gasteiger partial charge < -0.3 is 24.0 Å². The van der Waals surface area contributed by atoms with Gasteiger partial charge in [-0.3, -0.25) is 4.98 Å². The van der Waals surface area contributed by atoms with Crippen molar-refractivity contribution in [2.45, 2.75) is 110 Å². The second kappa shape index (κ2) is 18.0. The standard InChI is InChI=1S/C40H62N6O4Si2/c1-12-34(44(5)39(47)50-40(2,3)4)20-19-33-26-37(45(29-48-22-24-51(6,7)8)30-49-23-25-52(9,10)11)46-38(43-33)35(28-42-46)32-18-21-36(41-27-32)31-16-14-13-15-17-31/h13-18,21,26-28,34H,12,19-20,22-25,29-30H2,1-11H3. The lowest BCUT2D eigenvalue weighted by molar-refractivity contribution is 0.0210. The summed E-state index contributed by atoms with van der Waals surface area (Å²) in [6.07, 6.45) is 5.63. The lowest BCUT2D eigenvalue weighted by Gasteiger charge is -2.30. The molecule has 0 fully saturated rings. The molecule has 0 spiro atoms. The number of aromatic nitrogens is 4. The van der Waals surface area contributed by atoms with E-state index in [0.717, 1.165) is 64.5 Å². The van der Waals surface area contributed by atoms with Crippen LogP contribution in [-0.2, 0) is 20.6 Å². The number of rotatable bonds is 18. The van der Waals surface area contributed by atoms with E-state index in [0.29, 0.717) is 33.1 Å². The van der Waals surface area contributed by atoms with E-state index in [1.165, 1.54) is 0 Å². The normalized spacial score (nSPS) is 13.0. The van der Waals surface area contributed by atoms with Gasteiger partial charge >= 0.3 is 6.09 Å². The Morgan fingerprint density at radius 3 is 2.06 bits per heavy atom. The van der Waals surface area contributed by atoms with Gasteiger partial charge in [0.15, 0.2) is 5.65 Å². The Morgan fingerprint density at radius 2 is 1.52 bits per heavy atom. The highest BCUT2D eigenvalue weighted by Crippen LogP contribution is 2.29. The van der Waals surface area contributed by atoms with Crippen LogP contribution in [0.3, 0.4) is 0 Å². The average Bonchev–Trinajstić information content (AvgIpc) is 3.50. The summed E-state index contributed by atoms with van der Waals surface area (Å²) in [4.78, 5) is 26.8. The molecule has 284 valence electrons. The van der Waals surface area contributed by atoms with Crippen LogP contribution in [0.4, 0.5) is 10.6 Å². The van der Waals surface area contributed by atoms with Crippen LogP contribution in [0.2, 0.25) is 51.4 Å². The number of hydrogen-bond acceptors (Lipinski definition) is 8. The van der Waals surface area contributed by atoms with Crippen molar-refractivity contribution >= 4 is 33.7 Å². The minimum Gasteiger partial charge on any atom is -0.444 e. The van der Waals surface area contributed by atoms with Crippen LogP contribution in [0.5, 0.6) is 0 Å². The van der Waals surface area contributed by atoms with Crippen LogP contribution in [0, 0.1) is 0 Å². The van der Waals surface area contributed by atoms with Gasteiger partial charge in [0.05, 0.1) is 11.9 Å². The summed E-state index contributed by atoms with van der Waals surface area (Å²) < 4.78 is 20.3. The molecule has 0 radical (unpaired) electrons. The first kappa shape index (κ1) is 41.2. The monoisotopic (exact) mass is 746 g/mol. The van der Waals surface area contributed by atoms with Crippen molar-refractivity contribution in [2.75, 3.05) is 38.6 Å². The molecule has 1 atom stereocenters. The van der Waals surface area contributed by atoms with Crippen molar-refractivity contribution in [3.05, 3.63) is 66.6 Å². The Kier molecular flexibility index (Phi) is 14.2. The molecule has 0 aliphatic rings. The van der Waals surface area contributed by atoms with E-state index >= 15 is 0 Å². The van der Waals surface area contributed by atoms with Crippen molar-refractivity contribution in [1.82, 2.24) is 24.5 Å². The molecule has 0 aliphatic heterocycles. The van der Waals surface area contributed by atoms with Gasteiger partial charge in [0.25, 0.3) is 0 Å². The molecule has 12 heteroatoms. The molecule has 4 aromatic rings. The fourth-order valence-corrected chi connectivity index (χ4v) is 7.14. The maximum Gasteiger partial charge on any atom is 0.410 e. The van der Waals surface area contributed by atoms with Gasteiger partial charge in [0, 0.05) is 77.1 Å². The third-order valence-corrected chi connectivity index (χ3v) is 12.3. The fraction of sp³-hybridized carbons (Fsp3) is 0.550. The molecule has 0 saturated heterocycles. The first-order chi connectivity index (χ1) is 24.4. The number of fused-ring (bicyclic) bond motifs is 1. The number of benzene rings is 1. The lowest BCUT2D eigenvalue weighted by atomic mass is 10.1. The SMILES string of the molecule is CCC(CCc1cc(N(COCC[Si](C)(C)C)COCC[Si](C)(C)C)n2ncc(-c3ccc(-c4ccccc4)nc3)c2n1)N(C)C(=O)OC(C)(C)C. The van der Waals surface area contributed by atoms with Crippen LogP contribution in [0.1, 0.15) is 46.2 Å². The maximum absolute atomic E-state index is 13.0. The minimum absolute atomic E-state index is 0.0127. The summed E-state index contributed by atoms with van der Waals surface area (Å²) >= 11 is 0. The molecule has 0 saturated carbocycles. The number of pyridine rings is 1. The van der Waals surface area contributed by atoms with Crippen LogP contribution >= 0.6 is 0 Å². The topological polar surface area (TPSA) is 94.3 Å². The van der Waals surface area contributed by atoms with Crippen molar-refractivity contribution in [3.8, 4) is 22.4 Å². The molecular formula is C40H62N6O4Si2. The van der Waals surface area contributed by atoms with Crippen molar-refractivity contribution < 1.29 is 19.0 Å². The lowest BCUT2D eigenvalue weighted by Crippen LogP contribution is -2.40. The predicted octanol–water partition coefficient (Wildman–Crippen LogP) is 9.47. The average molecular weight is 747 g/mol. The molecule has 0 N–H and O–H groups in total. The molecule has 0 bridgehead atoms. The van der Waals surface area contributed by atoms with Crippen molar-refractivity contribution in [3.63, 3.8) is 0 Å². The number of nitrogens with zero attached hydrogens (tertiary/aromatic N) is 6. The third kappa shape index (κ3) is 12.5. The number of hydrogen-bond donors (Lipinski definition) is 0. The van der Waals surface area contributed by atoms with Crippen molar-refractivity contribution in [2.24, 2.45) is 0 Å². The first-order valence-electron chi connectivity index (χ1n) is 18.7. The van der Waals surface area contributed by atoms with E-state index in [2.05, 4.69) is 75.4 Å². The Bertz CT molecular complexity index is 1690. The molecule has 1 aromatic carbocycles. The number of ether oxygens (including phenoxy) is 3. The summed E-state index contributed by atoms with van der Waals surface area (Å²) in [5.41, 5.74) is 4.89.